The number of carbonyl (C=O) groups excluding carboxylic acids is 1. The van der Waals surface area contributed by atoms with Gasteiger partial charge >= 0.3 is 12.0 Å². The SMILES string of the molecule is C[C@@H]1CN(C(=O)NCCC2CCCC2)C[C@H]1C(=O)O. The highest BCUT2D eigenvalue weighted by atomic mass is 16.4. The Balaban J connectivity index is 1.70. The van der Waals surface area contributed by atoms with E-state index >= 15 is 0 Å². The molecule has 0 unspecified atom stereocenters. The number of carboxylic acids is 1. The summed E-state index contributed by atoms with van der Waals surface area (Å²) in [5.41, 5.74) is 0. The first-order valence-corrected chi connectivity index (χ1v) is 7.33. The lowest BCUT2D eigenvalue weighted by atomic mass is 9.99. The van der Waals surface area contributed by atoms with Crippen LogP contribution in [0.2, 0.25) is 0 Å². The van der Waals surface area contributed by atoms with Crippen molar-refractivity contribution in [1.29, 1.82) is 0 Å². The minimum absolute atomic E-state index is 0.0399. The van der Waals surface area contributed by atoms with Gasteiger partial charge in [0.05, 0.1) is 5.92 Å². The Morgan fingerprint density at radius 3 is 2.53 bits per heavy atom. The monoisotopic (exact) mass is 268 g/mol. The van der Waals surface area contributed by atoms with E-state index in [1.165, 1.54) is 25.7 Å². The van der Waals surface area contributed by atoms with Gasteiger partial charge in [-0.3, -0.25) is 4.79 Å². The molecule has 0 radical (unpaired) electrons. The Kier molecular flexibility index (Phi) is 4.66. The molecule has 19 heavy (non-hydrogen) atoms. The van der Waals surface area contributed by atoms with Crippen LogP contribution < -0.4 is 5.32 Å². The fourth-order valence-corrected chi connectivity index (χ4v) is 3.25. The summed E-state index contributed by atoms with van der Waals surface area (Å²) in [5.74, 6) is -0.406. The predicted octanol–water partition coefficient (Wildman–Crippen LogP) is 1.93. The number of nitrogens with zero attached hydrogens (tertiary/aromatic N) is 1. The van der Waals surface area contributed by atoms with Gasteiger partial charge in [0, 0.05) is 19.6 Å². The summed E-state index contributed by atoms with van der Waals surface area (Å²) in [4.78, 5) is 24.6. The third kappa shape index (κ3) is 3.61. The summed E-state index contributed by atoms with van der Waals surface area (Å²) in [7, 11) is 0. The minimum atomic E-state index is -0.797. The highest BCUT2D eigenvalue weighted by Crippen LogP contribution is 2.27. The third-order valence-electron chi connectivity index (χ3n) is 4.52. The molecular formula is C14H24N2O3. The highest BCUT2D eigenvalue weighted by Gasteiger charge is 2.36. The molecule has 5 nitrogen and oxygen atoms in total. The Morgan fingerprint density at radius 2 is 1.95 bits per heavy atom. The van der Waals surface area contributed by atoms with Crippen LogP contribution in [0.3, 0.4) is 0 Å². The zero-order chi connectivity index (χ0) is 13.8. The number of urea groups is 1. The zero-order valence-electron chi connectivity index (χ0n) is 11.6. The van der Waals surface area contributed by atoms with E-state index in [9.17, 15) is 9.59 Å². The number of likely N-dealkylation sites (tertiary alicyclic amines) is 1. The first kappa shape index (κ1) is 14.2. The van der Waals surface area contributed by atoms with Gasteiger partial charge in [0.25, 0.3) is 0 Å². The van der Waals surface area contributed by atoms with Gasteiger partial charge in [-0.15, -0.1) is 0 Å². The minimum Gasteiger partial charge on any atom is -0.481 e. The van der Waals surface area contributed by atoms with Crippen LogP contribution in [-0.2, 0) is 4.79 Å². The van der Waals surface area contributed by atoms with Gasteiger partial charge < -0.3 is 15.3 Å². The van der Waals surface area contributed by atoms with Crippen LogP contribution in [0.25, 0.3) is 0 Å². The number of carbonyl (C=O) groups is 2. The summed E-state index contributed by atoms with van der Waals surface area (Å²) >= 11 is 0. The van der Waals surface area contributed by atoms with Gasteiger partial charge in [0.1, 0.15) is 0 Å². The smallest absolute Gasteiger partial charge is 0.317 e. The second-order valence-electron chi connectivity index (χ2n) is 6.00. The fraction of sp³-hybridized carbons (Fsp3) is 0.857. The van der Waals surface area contributed by atoms with Crippen molar-refractivity contribution in [2.75, 3.05) is 19.6 Å². The van der Waals surface area contributed by atoms with E-state index in [1.807, 2.05) is 6.92 Å². The van der Waals surface area contributed by atoms with Crippen molar-refractivity contribution in [3.8, 4) is 0 Å². The van der Waals surface area contributed by atoms with Crippen molar-refractivity contribution in [3.63, 3.8) is 0 Å². The van der Waals surface area contributed by atoms with Crippen LogP contribution in [0.5, 0.6) is 0 Å². The maximum atomic E-state index is 12.0. The van der Waals surface area contributed by atoms with Gasteiger partial charge in [0.15, 0.2) is 0 Å². The average Bonchev–Trinajstić information content (AvgIpc) is 2.98. The van der Waals surface area contributed by atoms with Crippen molar-refractivity contribution >= 4 is 12.0 Å². The molecule has 1 saturated carbocycles. The topological polar surface area (TPSA) is 69.6 Å². The van der Waals surface area contributed by atoms with Crippen LogP contribution in [0.15, 0.2) is 0 Å². The molecule has 1 heterocycles. The number of rotatable bonds is 4. The molecule has 1 aliphatic heterocycles. The lowest BCUT2D eigenvalue weighted by Gasteiger charge is -2.17. The molecular weight excluding hydrogens is 244 g/mol. The molecule has 2 amide bonds. The van der Waals surface area contributed by atoms with Crippen molar-refractivity contribution in [3.05, 3.63) is 0 Å². The molecule has 1 aliphatic carbocycles. The van der Waals surface area contributed by atoms with Gasteiger partial charge in [-0.25, -0.2) is 4.79 Å². The maximum absolute atomic E-state index is 12.0. The molecule has 0 aromatic heterocycles. The molecule has 2 rings (SSSR count). The maximum Gasteiger partial charge on any atom is 0.317 e. The molecule has 2 atom stereocenters. The van der Waals surface area contributed by atoms with Crippen molar-refractivity contribution in [1.82, 2.24) is 10.2 Å². The van der Waals surface area contributed by atoms with Gasteiger partial charge in [-0.2, -0.15) is 0 Å². The highest BCUT2D eigenvalue weighted by molar-refractivity contribution is 5.77. The summed E-state index contributed by atoms with van der Waals surface area (Å²) < 4.78 is 0. The molecule has 2 aliphatic rings. The number of amides is 2. The van der Waals surface area contributed by atoms with Crippen molar-refractivity contribution in [2.45, 2.75) is 39.0 Å². The Labute approximate surface area is 114 Å². The standard InChI is InChI=1S/C14H24N2O3/c1-10-8-16(9-12(10)13(17)18)14(19)15-7-6-11-4-2-3-5-11/h10-12H,2-9H2,1H3,(H,15,19)(H,17,18)/t10-,12-/m1/s1. The van der Waals surface area contributed by atoms with E-state index in [0.29, 0.717) is 19.6 Å². The van der Waals surface area contributed by atoms with Crippen LogP contribution >= 0.6 is 0 Å². The van der Waals surface area contributed by atoms with E-state index in [-0.39, 0.29) is 11.9 Å². The first-order chi connectivity index (χ1) is 9.08. The number of aliphatic carboxylic acids is 1. The van der Waals surface area contributed by atoms with Crippen LogP contribution in [0.1, 0.15) is 39.0 Å². The molecule has 0 bridgehead atoms. The average molecular weight is 268 g/mol. The lowest BCUT2D eigenvalue weighted by molar-refractivity contribution is -0.142. The molecule has 0 spiro atoms. The molecule has 0 aromatic carbocycles. The zero-order valence-corrected chi connectivity index (χ0v) is 11.6. The Morgan fingerprint density at radius 1 is 1.26 bits per heavy atom. The molecule has 0 aromatic rings. The fourth-order valence-electron chi connectivity index (χ4n) is 3.25. The quantitative estimate of drug-likeness (QED) is 0.818. The van der Waals surface area contributed by atoms with Gasteiger partial charge in [-0.05, 0) is 18.3 Å². The largest absolute Gasteiger partial charge is 0.481 e. The normalized spacial score (nSPS) is 27.7. The third-order valence-corrected chi connectivity index (χ3v) is 4.52. The van der Waals surface area contributed by atoms with Crippen molar-refractivity contribution in [2.24, 2.45) is 17.8 Å². The van der Waals surface area contributed by atoms with E-state index < -0.39 is 11.9 Å². The second-order valence-corrected chi connectivity index (χ2v) is 6.00. The molecule has 2 fully saturated rings. The number of hydrogen-bond donors (Lipinski definition) is 2. The van der Waals surface area contributed by atoms with E-state index in [4.69, 9.17) is 5.11 Å². The summed E-state index contributed by atoms with van der Waals surface area (Å²) in [5, 5.41) is 12.0. The lowest BCUT2D eigenvalue weighted by Crippen LogP contribution is -2.39. The van der Waals surface area contributed by atoms with E-state index in [0.717, 1.165) is 12.3 Å². The number of hydrogen-bond acceptors (Lipinski definition) is 2. The van der Waals surface area contributed by atoms with Gasteiger partial charge in [0.2, 0.25) is 0 Å². The Hall–Kier alpha value is -1.26. The van der Waals surface area contributed by atoms with Crippen LogP contribution in [-0.4, -0.2) is 41.6 Å². The molecule has 108 valence electrons. The number of carboxylic acid groups (broad SMARTS) is 1. The summed E-state index contributed by atoms with van der Waals surface area (Å²) in [6.45, 7) is 3.49. The van der Waals surface area contributed by atoms with E-state index in [2.05, 4.69) is 5.32 Å². The second kappa shape index (κ2) is 6.26. The van der Waals surface area contributed by atoms with Gasteiger partial charge in [-0.1, -0.05) is 32.6 Å². The van der Waals surface area contributed by atoms with Crippen molar-refractivity contribution < 1.29 is 14.7 Å². The number of nitrogens with one attached hydrogen (secondary N) is 1. The molecule has 5 heteroatoms. The van der Waals surface area contributed by atoms with Crippen LogP contribution in [0.4, 0.5) is 4.79 Å². The predicted molar refractivity (Wildman–Crippen MR) is 71.8 cm³/mol. The van der Waals surface area contributed by atoms with E-state index in [1.54, 1.807) is 4.90 Å². The summed E-state index contributed by atoms with van der Waals surface area (Å²) in [6, 6.07) is -0.103. The van der Waals surface area contributed by atoms with Crippen LogP contribution in [0, 0.1) is 17.8 Å². The summed E-state index contributed by atoms with van der Waals surface area (Å²) in [6.07, 6.45) is 6.28. The molecule has 2 N–H and O–H groups in total. The first-order valence-electron chi connectivity index (χ1n) is 7.33. The Bertz CT molecular complexity index is 340. The molecule has 1 saturated heterocycles.